The van der Waals surface area contributed by atoms with Gasteiger partial charge in [0.25, 0.3) is 0 Å². The lowest BCUT2D eigenvalue weighted by atomic mass is 9.78. The van der Waals surface area contributed by atoms with Gasteiger partial charge in [-0.3, -0.25) is 4.90 Å². The Balaban J connectivity index is 2.11. The van der Waals surface area contributed by atoms with Crippen LogP contribution in [0.5, 0.6) is 0 Å². The Hall–Kier alpha value is -3.73. The molecule has 1 heterocycles. The lowest BCUT2D eigenvalue weighted by Gasteiger charge is -2.44. The number of carbonyl (C=O) groups excluding carboxylic acids is 1. The molecule has 1 amide bonds. The number of aryl methyl sites for hydroxylation is 2. The second-order valence-corrected chi connectivity index (χ2v) is 10.2. The number of nitrogen functional groups attached to an aromatic ring is 1. The number of nitrogens with one attached hydrogen (secondary N) is 1. The first-order valence-corrected chi connectivity index (χ1v) is 12.1. The third kappa shape index (κ3) is 4.63. The van der Waals surface area contributed by atoms with Gasteiger partial charge >= 0.3 is 6.09 Å². The fraction of sp³-hybridized carbons (Fsp3) is 0.300. The molecular weight excluding hydrogens is 434 g/mol. The average Bonchev–Trinajstić information content (AvgIpc) is 3.20. The molecule has 0 aliphatic carbocycles. The number of ether oxygens (including phenoxy) is 1. The van der Waals surface area contributed by atoms with Crippen LogP contribution in [-0.2, 0) is 10.3 Å². The van der Waals surface area contributed by atoms with Crippen molar-refractivity contribution in [2.45, 2.75) is 59.1 Å². The lowest BCUT2D eigenvalue weighted by molar-refractivity contribution is 0.0543. The van der Waals surface area contributed by atoms with Gasteiger partial charge in [-0.25, -0.2) is 4.79 Å². The number of nitrogens with zero attached hydrogens (tertiary/aromatic N) is 1. The highest BCUT2D eigenvalue weighted by molar-refractivity contribution is 5.94. The highest BCUT2D eigenvalue weighted by Crippen LogP contribution is 2.46. The lowest BCUT2D eigenvalue weighted by Crippen LogP contribution is -2.52. The van der Waals surface area contributed by atoms with Crippen LogP contribution in [0, 0.1) is 13.8 Å². The van der Waals surface area contributed by atoms with Gasteiger partial charge < -0.3 is 15.5 Å². The van der Waals surface area contributed by atoms with Crippen LogP contribution in [0.2, 0.25) is 0 Å². The van der Waals surface area contributed by atoms with Gasteiger partial charge in [-0.15, -0.1) is 0 Å². The summed E-state index contributed by atoms with van der Waals surface area (Å²) in [6.07, 6.45) is 2.21. The van der Waals surface area contributed by atoms with Crippen LogP contribution < -0.4 is 10.6 Å². The van der Waals surface area contributed by atoms with Crippen LogP contribution in [0.4, 0.5) is 16.2 Å². The number of hydrogen-bond donors (Lipinski definition) is 2. The number of hydrogen-bond acceptors (Lipinski definition) is 3. The Kier molecular flexibility index (Phi) is 6.37. The van der Waals surface area contributed by atoms with E-state index in [-0.39, 0.29) is 0 Å². The zero-order valence-electron chi connectivity index (χ0n) is 21.5. The number of rotatable bonds is 5. The normalized spacial score (nSPS) is 13.4. The summed E-state index contributed by atoms with van der Waals surface area (Å²) in [6, 6.07) is 22.2. The number of benzene rings is 3. The van der Waals surface area contributed by atoms with E-state index < -0.39 is 17.2 Å². The zero-order chi connectivity index (χ0) is 25.4. The van der Waals surface area contributed by atoms with Gasteiger partial charge in [-0.2, -0.15) is 0 Å². The number of nitrogens with two attached hydrogens (primary N) is 1. The van der Waals surface area contributed by atoms with E-state index in [0.29, 0.717) is 12.1 Å². The van der Waals surface area contributed by atoms with Crippen LogP contribution in [0.3, 0.4) is 0 Å². The summed E-state index contributed by atoms with van der Waals surface area (Å²) in [5, 5.41) is 1.05. The number of carbonyl (C=O) groups is 1. The number of aromatic nitrogens is 1. The molecular formula is C30H35N3O2. The molecule has 5 heteroatoms. The molecule has 1 unspecified atom stereocenters. The maximum atomic E-state index is 14.1. The topological polar surface area (TPSA) is 71.4 Å². The maximum absolute atomic E-state index is 14.1. The predicted octanol–water partition coefficient (Wildman–Crippen LogP) is 7.46. The average molecular weight is 470 g/mol. The predicted molar refractivity (Wildman–Crippen MR) is 145 cm³/mol. The first-order chi connectivity index (χ1) is 16.5. The fourth-order valence-electron chi connectivity index (χ4n) is 5.04. The number of amides is 1. The van der Waals surface area contributed by atoms with Gasteiger partial charge in [0.05, 0.1) is 0 Å². The van der Waals surface area contributed by atoms with Crippen molar-refractivity contribution >= 4 is 28.4 Å². The van der Waals surface area contributed by atoms with Crippen molar-refractivity contribution < 1.29 is 9.53 Å². The molecule has 0 spiro atoms. The molecule has 0 bridgehead atoms. The molecule has 182 valence electrons. The van der Waals surface area contributed by atoms with Crippen molar-refractivity contribution in [3.8, 4) is 0 Å². The standard InChI is InChI=1S/C30H35N3O2/c1-7-30(22-11-10-12-23(31)18-22,26-19-32-27-14-9-8-13-25(26)27)33(28(34)35-29(4,5)6)24-16-20(2)15-21(3)17-24/h8-19,32H,7,31H2,1-6H3. The smallest absolute Gasteiger partial charge is 0.415 e. The molecule has 0 aliphatic heterocycles. The summed E-state index contributed by atoms with van der Waals surface area (Å²) in [7, 11) is 0. The van der Waals surface area contributed by atoms with Crippen molar-refractivity contribution in [1.29, 1.82) is 0 Å². The molecule has 0 radical (unpaired) electrons. The van der Waals surface area contributed by atoms with Crippen LogP contribution in [0.1, 0.15) is 56.4 Å². The SMILES string of the molecule is CCC(c1cccc(N)c1)(c1c[nH]c2ccccc12)N(C(=O)OC(C)(C)C)c1cc(C)cc(C)c1. The van der Waals surface area contributed by atoms with Gasteiger partial charge in [0.15, 0.2) is 0 Å². The van der Waals surface area contributed by atoms with Crippen molar-refractivity contribution in [3.05, 3.63) is 95.2 Å². The Morgan fingerprint density at radius 2 is 1.66 bits per heavy atom. The Morgan fingerprint density at radius 1 is 0.971 bits per heavy atom. The highest BCUT2D eigenvalue weighted by atomic mass is 16.6. The Morgan fingerprint density at radius 3 is 2.29 bits per heavy atom. The summed E-state index contributed by atoms with van der Waals surface area (Å²) >= 11 is 0. The van der Waals surface area contributed by atoms with E-state index in [0.717, 1.165) is 38.8 Å². The van der Waals surface area contributed by atoms with Gasteiger partial charge in [0.2, 0.25) is 0 Å². The van der Waals surface area contributed by atoms with E-state index in [4.69, 9.17) is 10.5 Å². The summed E-state index contributed by atoms with van der Waals surface area (Å²) in [5.41, 5.74) is 11.3. The number of anilines is 2. The molecule has 1 atom stereocenters. The van der Waals surface area contributed by atoms with E-state index in [2.05, 4.69) is 24.0 Å². The first kappa shape index (κ1) is 24.4. The van der Waals surface area contributed by atoms with Crippen LogP contribution >= 0.6 is 0 Å². The van der Waals surface area contributed by atoms with Crippen LogP contribution in [-0.4, -0.2) is 16.7 Å². The first-order valence-electron chi connectivity index (χ1n) is 12.1. The minimum atomic E-state index is -0.877. The molecule has 3 N–H and O–H groups in total. The number of fused-ring (bicyclic) bond motifs is 1. The molecule has 4 aromatic rings. The quantitative estimate of drug-likeness (QED) is 0.298. The molecule has 0 saturated carbocycles. The van der Waals surface area contributed by atoms with Crippen molar-refractivity contribution in [1.82, 2.24) is 4.98 Å². The molecule has 3 aromatic carbocycles. The van der Waals surface area contributed by atoms with E-state index >= 15 is 0 Å². The van der Waals surface area contributed by atoms with E-state index in [1.807, 2.05) is 100 Å². The summed E-state index contributed by atoms with van der Waals surface area (Å²) in [6.45, 7) is 11.9. The Labute approximate surface area is 207 Å². The molecule has 0 aliphatic rings. The van der Waals surface area contributed by atoms with E-state index in [1.54, 1.807) is 0 Å². The van der Waals surface area contributed by atoms with E-state index in [9.17, 15) is 4.79 Å². The summed E-state index contributed by atoms with van der Waals surface area (Å²) in [4.78, 5) is 19.4. The minimum absolute atomic E-state index is 0.406. The number of para-hydroxylation sites is 1. The largest absolute Gasteiger partial charge is 0.443 e. The summed E-state index contributed by atoms with van der Waals surface area (Å²) in [5.74, 6) is 0. The monoisotopic (exact) mass is 469 g/mol. The summed E-state index contributed by atoms with van der Waals surface area (Å²) < 4.78 is 6.05. The molecule has 35 heavy (non-hydrogen) atoms. The molecule has 5 nitrogen and oxygen atoms in total. The van der Waals surface area contributed by atoms with Gasteiger partial charge in [0, 0.05) is 34.0 Å². The fourth-order valence-corrected chi connectivity index (χ4v) is 5.04. The van der Waals surface area contributed by atoms with Crippen LogP contribution in [0.15, 0.2) is 72.9 Å². The second kappa shape index (κ2) is 9.14. The van der Waals surface area contributed by atoms with Crippen molar-refractivity contribution in [2.75, 3.05) is 10.6 Å². The second-order valence-electron chi connectivity index (χ2n) is 10.2. The van der Waals surface area contributed by atoms with Crippen molar-refractivity contribution in [2.24, 2.45) is 0 Å². The zero-order valence-corrected chi connectivity index (χ0v) is 21.5. The Bertz CT molecular complexity index is 1350. The molecule has 4 rings (SSSR count). The molecule has 0 saturated heterocycles. The number of aromatic amines is 1. The third-order valence-corrected chi connectivity index (χ3v) is 6.33. The minimum Gasteiger partial charge on any atom is -0.443 e. The highest BCUT2D eigenvalue weighted by Gasteiger charge is 2.46. The van der Waals surface area contributed by atoms with Crippen LogP contribution in [0.25, 0.3) is 10.9 Å². The van der Waals surface area contributed by atoms with Gasteiger partial charge in [-0.1, -0.05) is 43.3 Å². The van der Waals surface area contributed by atoms with E-state index in [1.165, 1.54) is 0 Å². The maximum Gasteiger partial charge on any atom is 0.415 e. The van der Waals surface area contributed by atoms with Gasteiger partial charge in [0.1, 0.15) is 11.1 Å². The molecule has 1 aromatic heterocycles. The molecule has 0 fully saturated rings. The number of H-pyrrole nitrogens is 1. The van der Waals surface area contributed by atoms with Crippen molar-refractivity contribution in [3.63, 3.8) is 0 Å². The van der Waals surface area contributed by atoms with Gasteiger partial charge in [-0.05, 0) is 88.1 Å². The third-order valence-electron chi connectivity index (χ3n) is 6.33.